The first kappa shape index (κ1) is 21.9. The van der Waals surface area contributed by atoms with Crippen LogP contribution in [0.5, 0.6) is 17.2 Å². The van der Waals surface area contributed by atoms with Crippen molar-refractivity contribution < 1.29 is 37.3 Å². The Balaban J connectivity index is 2.02. The van der Waals surface area contributed by atoms with E-state index in [1.807, 2.05) is 0 Å². The highest BCUT2D eigenvalue weighted by molar-refractivity contribution is 5.93. The number of rotatable bonds is 7. The van der Waals surface area contributed by atoms with Crippen LogP contribution >= 0.6 is 0 Å². The largest absolute Gasteiger partial charge is 0.493 e. The van der Waals surface area contributed by atoms with Crippen LogP contribution < -0.4 is 19.5 Å². The molecule has 2 aromatic carbocycles. The molecule has 0 saturated carbocycles. The van der Waals surface area contributed by atoms with Crippen LogP contribution in [0.15, 0.2) is 30.3 Å². The highest BCUT2D eigenvalue weighted by Gasteiger charge is 2.39. The smallest absolute Gasteiger partial charge is 0.435 e. The van der Waals surface area contributed by atoms with Gasteiger partial charge in [-0.1, -0.05) is 6.07 Å². The summed E-state index contributed by atoms with van der Waals surface area (Å²) >= 11 is 0. The van der Waals surface area contributed by atoms with Crippen molar-refractivity contribution in [3.8, 4) is 17.2 Å². The molecule has 0 amide bonds. The fourth-order valence-electron chi connectivity index (χ4n) is 3.00. The van der Waals surface area contributed by atoms with Gasteiger partial charge in [0.05, 0.1) is 32.5 Å². The number of aromatic nitrogens is 2. The molecule has 0 aliphatic heterocycles. The standard InChI is InChI=1S/C20H18F3N3O5/c1-29-13-7-10(8-14(30-2)17(13)31-3)9-24-11-5-4-6-12-15(11)26-18(20(21,22)23)16(25-12)19(27)28/h4-8,24H,9H2,1-3H3,(H,27,28). The van der Waals surface area contributed by atoms with Crippen molar-refractivity contribution >= 4 is 22.7 Å². The summed E-state index contributed by atoms with van der Waals surface area (Å²) in [7, 11) is 4.40. The molecule has 0 aliphatic carbocycles. The van der Waals surface area contributed by atoms with Gasteiger partial charge < -0.3 is 24.6 Å². The molecule has 0 fully saturated rings. The summed E-state index contributed by atoms with van der Waals surface area (Å²) in [5.41, 5.74) is -1.86. The normalized spacial score (nSPS) is 11.3. The predicted molar refractivity (Wildman–Crippen MR) is 105 cm³/mol. The minimum atomic E-state index is -4.97. The number of fused-ring (bicyclic) bond motifs is 1. The Morgan fingerprint density at radius 3 is 2.23 bits per heavy atom. The van der Waals surface area contributed by atoms with E-state index in [0.29, 0.717) is 22.8 Å². The lowest BCUT2D eigenvalue weighted by molar-refractivity contribution is -0.141. The average molecular weight is 437 g/mol. The van der Waals surface area contributed by atoms with E-state index in [2.05, 4.69) is 15.3 Å². The van der Waals surface area contributed by atoms with E-state index in [1.54, 1.807) is 12.1 Å². The molecule has 0 radical (unpaired) electrons. The number of carbonyl (C=O) groups is 1. The molecule has 164 valence electrons. The fraction of sp³-hybridized carbons (Fsp3) is 0.250. The van der Waals surface area contributed by atoms with Crippen LogP contribution in [0.2, 0.25) is 0 Å². The van der Waals surface area contributed by atoms with E-state index in [1.165, 1.54) is 39.5 Å². The zero-order valence-corrected chi connectivity index (χ0v) is 16.7. The van der Waals surface area contributed by atoms with Crippen molar-refractivity contribution in [2.45, 2.75) is 12.7 Å². The highest BCUT2D eigenvalue weighted by Crippen LogP contribution is 2.38. The van der Waals surface area contributed by atoms with E-state index in [9.17, 15) is 18.0 Å². The van der Waals surface area contributed by atoms with Crippen molar-refractivity contribution in [3.63, 3.8) is 0 Å². The van der Waals surface area contributed by atoms with Gasteiger partial charge in [0.15, 0.2) is 22.9 Å². The van der Waals surface area contributed by atoms with Crippen molar-refractivity contribution in [3.05, 3.63) is 47.3 Å². The van der Waals surface area contributed by atoms with Crippen LogP contribution in [-0.2, 0) is 12.7 Å². The third-order valence-corrected chi connectivity index (χ3v) is 4.37. The molecule has 0 aliphatic rings. The number of nitrogens with zero attached hydrogens (tertiary/aromatic N) is 2. The number of alkyl halides is 3. The van der Waals surface area contributed by atoms with E-state index < -0.39 is 23.5 Å². The maximum Gasteiger partial charge on any atom is 0.435 e. The van der Waals surface area contributed by atoms with E-state index in [0.717, 1.165) is 0 Å². The van der Waals surface area contributed by atoms with Gasteiger partial charge >= 0.3 is 12.1 Å². The molecule has 3 aromatic rings. The molecule has 0 unspecified atom stereocenters. The minimum Gasteiger partial charge on any atom is -0.493 e. The van der Waals surface area contributed by atoms with Crippen molar-refractivity contribution in [1.82, 2.24) is 9.97 Å². The molecule has 3 rings (SSSR count). The Kier molecular flexibility index (Phi) is 6.04. The summed E-state index contributed by atoms with van der Waals surface area (Å²) in [6.45, 7) is 0.180. The molecule has 8 nitrogen and oxygen atoms in total. The van der Waals surface area contributed by atoms with Gasteiger partial charge in [-0.3, -0.25) is 0 Å². The Labute approximate surface area is 174 Å². The summed E-state index contributed by atoms with van der Waals surface area (Å²) in [5.74, 6) is -0.568. The number of aromatic carboxylic acids is 1. The number of methoxy groups -OCH3 is 3. The Hall–Kier alpha value is -3.76. The van der Waals surface area contributed by atoms with E-state index in [-0.39, 0.29) is 23.3 Å². The number of halogens is 3. The lowest BCUT2D eigenvalue weighted by atomic mass is 10.1. The lowest BCUT2D eigenvalue weighted by Gasteiger charge is -2.16. The molecule has 2 N–H and O–H groups in total. The third kappa shape index (κ3) is 4.39. The molecule has 0 saturated heterocycles. The number of carboxylic acid groups (broad SMARTS) is 1. The second kappa shape index (κ2) is 8.54. The molecule has 31 heavy (non-hydrogen) atoms. The summed E-state index contributed by atoms with van der Waals surface area (Å²) in [4.78, 5) is 18.5. The summed E-state index contributed by atoms with van der Waals surface area (Å²) < 4.78 is 55.8. The first-order valence-electron chi connectivity index (χ1n) is 8.83. The second-order valence-electron chi connectivity index (χ2n) is 6.28. The van der Waals surface area contributed by atoms with Gasteiger partial charge in [-0.05, 0) is 29.8 Å². The molecule has 0 atom stereocenters. The van der Waals surface area contributed by atoms with Crippen LogP contribution in [0, 0.1) is 0 Å². The molecular weight excluding hydrogens is 419 g/mol. The van der Waals surface area contributed by atoms with Crippen molar-refractivity contribution in [1.29, 1.82) is 0 Å². The summed E-state index contributed by atoms with van der Waals surface area (Å²) in [6, 6.07) is 7.83. The van der Waals surface area contributed by atoms with Crippen LogP contribution in [0.4, 0.5) is 18.9 Å². The lowest BCUT2D eigenvalue weighted by Crippen LogP contribution is -2.18. The molecular formula is C20H18F3N3O5. The second-order valence-corrected chi connectivity index (χ2v) is 6.28. The van der Waals surface area contributed by atoms with Crippen molar-refractivity contribution in [2.75, 3.05) is 26.6 Å². The first-order chi connectivity index (χ1) is 14.7. The van der Waals surface area contributed by atoms with Gasteiger partial charge in [-0.25, -0.2) is 14.8 Å². The third-order valence-electron chi connectivity index (χ3n) is 4.37. The van der Waals surface area contributed by atoms with E-state index in [4.69, 9.17) is 19.3 Å². The first-order valence-corrected chi connectivity index (χ1v) is 8.83. The monoisotopic (exact) mass is 437 g/mol. The van der Waals surface area contributed by atoms with Crippen LogP contribution in [0.25, 0.3) is 11.0 Å². The molecule has 11 heteroatoms. The fourth-order valence-corrected chi connectivity index (χ4v) is 3.00. The number of ether oxygens (including phenoxy) is 3. The molecule has 0 bridgehead atoms. The maximum atomic E-state index is 13.3. The van der Waals surface area contributed by atoms with Crippen LogP contribution in [-0.4, -0.2) is 42.4 Å². The molecule has 1 heterocycles. The molecule has 1 aromatic heterocycles. The number of para-hydroxylation sites is 1. The number of nitrogens with one attached hydrogen (secondary N) is 1. The SMILES string of the molecule is COc1cc(CNc2cccc3nc(C(=O)O)c(C(F)(F)F)nc23)cc(OC)c1OC. The number of benzene rings is 2. The van der Waals surface area contributed by atoms with Gasteiger partial charge in [0.25, 0.3) is 0 Å². The number of anilines is 1. The summed E-state index contributed by atoms with van der Waals surface area (Å²) in [6.07, 6.45) is -4.97. The average Bonchev–Trinajstić information content (AvgIpc) is 2.74. The molecule has 0 spiro atoms. The zero-order valence-electron chi connectivity index (χ0n) is 16.7. The van der Waals surface area contributed by atoms with Gasteiger partial charge in [-0.15, -0.1) is 0 Å². The Morgan fingerprint density at radius 1 is 1.06 bits per heavy atom. The topological polar surface area (TPSA) is 103 Å². The van der Waals surface area contributed by atoms with Gasteiger partial charge in [0, 0.05) is 6.54 Å². The summed E-state index contributed by atoms with van der Waals surface area (Å²) in [5, 5.41) is 12.1. The van der Waals surface area contributed by atoms with Gasteiger partial charge in [0.1, 0.15) is 5.52 Å². The van der Waals surface area contributed by atoms with Gasteiger partial charge in [0.2, 0.25) is 5.75 Å². The van der Waals surface area contributed by atoms with Crippen LogP contribution in [0.3, 0.4) is 0 Å². The number of hydrogen-bond acceptors (Lipinski definition) is 7. The van der Waals surface area contributed by atoms with Crippen molar-refractivity contribution in [2.24, 2.45) is 0 Å². The predicted octanol–water partition coefficient (Wildman–Crippen LogP) is 3.98. The number of carboxylic acids is 1. The van der Waals surface area contributed by atoms with Crippen LogP contribution in [0.1, 0.15) is 21.7 Å². The number of hydrogen-bond donors (Lipinski definition) is 2. The zero-order chi connectivity index (χ0) is 22.8. The quantitative estimate of drug-likeness (QED) is 0.572. The maximum absolute atomic E-state index is 13.3. The Morgan fingerprint density at radius 2 is 1.71 bits per heavy atom. The van der Waals surface area contributed by atoms with Gasteiger partial charge in [-0.2, -0.15) is 13.2 Å². The van der Waals surface area contributed by atoms with E-state index >= 15 is 0 Å². The minimum absolute atomic E-state index is 0.0142. The highest BCUT2D eigenvalue weighted by atomic mass is 19.4. The Bertz CT molecular complexity index is 1110.